The van der Waals surface area contributed by atoms with Crippen LogP contribution < -0.4 is 11.1 Å². The first-order valence-corrected chi connectivity index (χ1v) is 7.77. The van der Waals surface area contributed by atoms with E-state index in [4.69, 9.17) is 5.73 Å². The number of hydrogen-bond donors (Lipinski definition) is 2. The summed E-state index contributed by atoms with van der Waals surface area (Å²) in [4.78, 5) is 13.8. The standard InChI is InChI=1S/C15H31N3O/c1-4-10-17-14(15(16)19)9-11-18(3)13-7-5-12(2)6-8-13/h12-14,17H,4-11H2,1-3H3,(H2,16,19). The molecule has 0 aromatic carbocycles. The van der Waals surface area contributed by atoms with Crippen LogP contribution in [0.4, 0.5) is 0 Å². The fourth-order valence-corrected chi connectivity index (χ4v) is 2.86. The van der Waals surface area contributed by atoms with Gasteiger partial charge in [-0.3, -0.25) is 4.79 Å². The highest BCUT2D eigenvalue weighted by Crippen LogP contribution is 2.26. The van der Waals surface area contributed by atoms with Crippen LogP contribution in [0.5, 0.6) is 0 Å². The molecule has 4 heteroatoms. The van der Waals surface area contributed by atoms with Gasteiger partial charge in [0.15, 0.2) is 0 Å². The molecule has 0 aromatic heterocycles. The van der Waals surface area contributed by atoms with Gasteiger partial charge < -0.3 is 16.0 Å². The molecular weight excluding hydrogens is 238 g/mol. The summed E-state index contributed by atoms with van der Waals surface area (Å²) in [5.41, 5.74) is 5.44. The van der Waals surface area contributed by atoms with E-state index in [0.29, 0.717) is 6.04 Å². The fourth-order valence-electron chi connectivity index (χ4n) is 2.86. The van der Waals surface area contributed by atoms with Crippen molar-refractivity contribution in [1.29, 1.82) is 0 Å². The van der Waals surface area contributed by atoms with Crippen molar-refractivity contribution < 1.29 is 4.79 Å². The third-order valence-corrected chi connectivity index (χ3v) is 4.36. The lowest BCUT2D eigenvalue weighted by molar-refractivity contribution is -0.120. The third kappa shape index (κ3) is 5.91. The molecule has 0 heterocycles. The van der Waals surface area contributed by atoms with Gasteiger partial charge in [-0.05, 0) is 58.0 Å². The molecule has 1 rings (SSSR count). The molecule has 1 fully saturated rings. The van der Waals surface area contributed by atoms with E-state index < -0.39 is 0 Å². The van der Waals surface area contributed by atoms with Crippen molar-refractivity contribution in [2.75, 3.05) is 20.1 Å². The normalized spacial score (nSPS) is 25.5. The number of carbonyl (C=O) groups excluding carboxylic acids is 1. The molecule has 4 nitrogen and oxygen atoms in total. The molecule has 0 bridgehead atoms. The van der Waals surface area contributed by atoms with Crippen LogP contribution in [-0.4, -0.2) is 43.0 Å². The average Bonchev–Trinajstić information content (AvgIpc) is 2.39. The van der Waals surface area contributed by atoms with E-state index in [9.17, 15) is 4.79 Å². The van der Waals surface area contributed by atoms with Crippen LogP contribution in [0.15, 0.2) is 0 Å². The number of nitrogens with two attached hydrogens (primary N) is 1. The monoisotopic (exact) mass is 269 g/mol. The second-order valence-electron chi connectivity index (χ2n) is 6.09. The molecule has 1 aliphatic rings. The first-order chi connectivity index (χ1) is 9.04. The molecular formula is C15H31N3O. The van der Waals surface area contributed by atoms with Crippen molar-refractivity contribution in [2.24, 2.45) is 11.7 Å². The second-order valence-corrected chi connectivity index (χ2v) is 6.09. The molecule has 3 N–H and O–H groups in total. The Morgan fingerprint density at radius 1 is 1.37 bits per heavy atom. The number of hydrogen-bond acceptors (Lipinski definition) is 3. The number of carbonyl (C=O) groups is 1. The van der Waals surface area contributed by atoms with Crippen LogP contribution in [-0.2, 0) is 4.79 Å². The summed E-state index contributed by atoms with van der Waals surface area (Å²) in [6.45, 7) is 6.25. The first-order valence-electron chi connectivity index (χ1n) is 7.77. The smallest absolute Gasteiger partial charge is 0.234 e. The van der Waals surface area contributed by atoms with Gasteiger partial charge in [0, 0.05) is 12.6 Å². The van der Waals surface area contributed by atoms with Gasteiger partial charge in [-0.1, -0.05) is 13.8 Å². The minimum Gasteiger partial charge on any atom is -0.368 e. The Morgan fingerprint density at radius 2 is 2.00 bits per heavy atom. The molecule has 0 aromatic rings. The molecule has 1 atom stereocenters. The minimum atomic E-state index is -0.223. The quantitative estimate of drug-likeness (QED) is 0.705. The SMILES string of the molecule is CCCNC(CCN(C)C1CCC(C)CC1)C(N)=O. The number of rotatable bonds is 8. The van der Waals surface area contributed by atoms with Gasteiger partial charge in [0.05, 0.1) is 6.04 Å². The summed E-state index contributed by atoms with van der Waals surface area (Å²) in [7, 11) is 2.18. The van der Waals surface area contributed by atoms with Crippen LogP contribution in [0.3, 0.4) is 0 Å². The molecule has 1 unspecified atom stereocenters. The maximum Gasteiger partial charge on any atom is 0.234 e. The summed E-state index contributed by atoms with van der Waals surface area (Å²) in [5, 5.41) is 3.23. The Balaban J connectivity index is 2.30. The zero-order valence-electron chi connectivity index (χ0n) is 12.8. The summed E-state index contributed by atoms with van der Waals surface area (Å²) in [5.74, 6) is 0.661. The Labute approximate surface area is 118 Å². The Kier molecular flexibility index (Phi) is 7.39. The molecule has 1 saturated carbocycles. The van der Waals surface area contributed by atoms with E-state index in [1.807, 2.05) is 0 Å². The highest BCUT2D eigenvalue weighted by atomic mass is 16.1. The maximum absolute atomic E-state index is 11.4. The lowest BCUT2D eigenvalue weighted by Crippen LogP contribution is -2.45. The van der Waals surface area contributed by atoms with E-state index in [1.54, 1.807) is 0 Å². The lowest BCUT2D eigenvalue weighted by atomic mass is 9.86. The summed E-state index contributed by atoms with van der Waals surface area (Å²) in [6, 6.07) is 0.515. The number of amides is 1. The Bertz CT molecular complexity index is 262. The van der Waals surface area contributed by atoms with Crippen LogP contribution in [0.2, 0.25) is 0 Å². The predicted octanol–water partition coefficient (Wildman–Crippen LogP) is 1.74. The number of nitrogens with one attached hydrogen (secondary N) is 1. The largest absolute Gasteiger partial charge is 0.368 e. The van der Waals surface area contributed by atoms with Crippen molar-refractivity contribution in [2.45, 2.75) is 64.5 Å². The molecule has 0 spiro atoms. The van der Waals surface area contributed by atoms with Gasteiger partial charge in [0.2, 0.25) is 5.91 Å². The maximum atomic E-state index is 11.4. The Morgan fingerprint density at radius 3 is 2.53 bits per heavy atom. The lowest BCUT2D eigenvalue weighted by Gasteiger charge is -2.34. The van der Waals surface area contributed by atoms with E-state index in [0.717, 1.165) is 31.8 Å². The van der Waals surface area contributed by atoms with Gasteiger partial charge in [-0.15, -0.1) is 0 Å². The van der Waals surface area contributed by atoms with E-state index in [1.165, 1.54) is 25.7 Å². The first kappa shape index (κ1) is 16.4. The van der Waals surface area contributed by atoms with Crippen molar-refractivity contribution in [1.82, 2.24) is 10.2 Å². The minimum absolute atomic E-state index is 0.176. The summed E-state index contributed by atoms with van der Waals surface area (Å²) >= 11 is 0. The van der Waals surface area contributed by atoms with Crippen LogP contribution in [0, 0.1) is 5.92 Å². The van der Waals surface area contributed by atoms with Crippen molar-refractivity contribution in [3.8, 4) is 0 Å². The zero-order valence-corrected chi connectivity index (χ0v) is 12.8. The van der Waals surface area contributed by atoms with Gasteiger partial charge in [0.25, 0.3) is 0 Å². The molecule has 112 valence electrons. The predicted molar refractivity (Wildman–Crippen MR) is 79.9 cm³/mol. The molecule has 19 heavy (non-hydrogen) atoms. The van der Waals surface area contributed by atoms with Crippen molar-refractivity contribution >= 4 is 5.91 Å². The molecule has 1 amide bonds. The number of primary amides is 1. The third-order valence-electron chi connectivity index (χ3n) is 4.36. The number of nitrogens with zero attached hydrogens (tertiary/aromatic N) is 1. The summed E-state index contributed by atoms with van der Waals surface area (Å²) in [6.07, 6.45) is 7.10. The second kappa shape index (κ2) is 8.54. The van der Waals surface area contributed by atoms with E-state index >= 15 is 0 Å². The highest BCUT2D eigenvalue weighted by Gasteiger charge is 2.23. The van der Waals surface area contributed by atoms with Crippen molar-refractivity contribution in [3.63, 3.8) is 0 Å². The van der Waals surface area contributed by atoms with Gasteiger partial charge >= 0.3 is 0 Å². The molecule has 1 aliphatic carbocycles. The topological polar surface area (TPSA) is 58.4 Å². The van der Waals surface area contributed by atoms with E-state index in [2.05, 4.69) is 31.1 Å². The average molecular weight is 269 g/mol. The van der Waals surface area contributed by atoms with Crippen molar-refractivity contribution in [3.05, 3.63) is 0 Å². The highest BCUT2D eigenvalue weighted by molar-refractivity contribution is 5.79. The van der Waals surface area contributed by atoms with Crippen LogP contribution >= 0.6 is 0 Å². The van der Waals surface area contributed by atoms with Crippen LogP contribution in [0.25, 0.3) is 0 Å². The summed E-state index contributed by atoms with van der Waals surface area (Å²) < 4.78 is 0. The van der Waals surface area contributed by atoms with Gasteiger partial charge in [-0.25, -0.2) is 0 Å². The zero-order chi connectivity index (χ0) is 14.3. The Hall–Kier alpha value is -0.610. The van der Waals surface area contributed by atoms with Gasteiger partial charge in [-0.2, -0.15) is 0 Å². The molecule has 0 aliphatic heterocycles. The van der Waals surface area contributed by atoms with Gasteiger partial charge in [0.1, 0.15) is 0 Å². The fraction of sp³-hybridized carbons (Fsp3) is 0.933. The van der Waals surface area contributed by atoms with Crippen LogP contribution in [0.1, 0.15) is 52.4 Å². The molecule has 0 radical (unpaired) electrons. The van der Waals surface area contributed by atoms with E-state index in [-0.39, 0.29) is 11.9 Å². The molecule has 0 saturated heterocycles.